The summed E-state index contributed by atoms with van der Waals surface area (Å²) in [4.78, 5) is 11.8. The number of pyridine rings is 1. The predicted octanol–water partition coefficient (Wildman–Crippen LogP) is 2.65. The second-order valence-corrected chi connectivity index (χ2v) is 4.19. The topological polar surface area (TPSA) is 31.2 Å². The molecule has 0 radical (unpaired) electrons. The summed E-state index contributed by atoms with van der Waals surface area (Å²) in [6.45, 7) is 1.62. The van der Waals surface area contributed by atoms with Gasteiger partial charge < -0.3 is 9.30 Å². The molecule has 0 fully saturated rings. The van der Waals surface area contributed by atoms with Crippen molar-refractivity contribution in [2.24, 2.45) is 7.05 Å². The van der Waals surface area contributed by atoms with Crippen LogP contribution < -0.4 is 10.3 Å². The van der Waals surface area contributed by atoms with Gasteiger partial charge in [0.25, 0.3) is 5.56 Å². The first-order chi connectivity index (χ1) is 7.97. The number of hydrogen-bond acceptors (Lipinski definition) is 2. The highest BCUT2D eigenvalue weighted by Gasteiger charge is 2.13. The molecule has 0 amide bonds. The Morgan fingerprint density at radius 1 is 1.41 bits per heavy atom. The number of ether oxygens (including phenoxy) is 1. The van der Waals surface area contributed by atoms with Crippen LogP contribution in [0, 0.1) is 12.7 Å². The number of nitrogens with zero attached hydrogens (tertiary/aromatic N) is 1. The van der Waals surface area contributed by atoms with Gasteiger partial charge in [0.05, 0.1) is 17.6 Å². The molecule has 0 spiro atoms. The van der Waals surface area contributed by atoms with Crippen LogP contribution in [0.4, 0.5) is 4.39 Å². The lowest BCUT2D eigenvalue weighted by Crippen LogP contribution is -2.20. The van der Waals surface area contributed by atoms with Gasteiger partial charge in [0.15, 0.2) is 11.6 Å². The minimum absolute atomic E-state index is 0.0902. The van der Waals surface area contributed by atoms with Gasteiger partial charge in [0.2, 0.25) is 0 Å². The summed E-state index contributed by atoms with van der Waals surface area (Å²) in [6.07, 6.45) is 0. The molecule has 0 saturated heterocycles. The maximum absolute atomic E-state index is 13.6. The van der Waals surface area contributed by atoms with Crippen LogP contribution in [0.25, 0.3) is 10.9 Å². The molecule has 0 atom stereocenters. The maximum atomic E-state index is 13.6. The van der Waals surface area contributed by atoms with Crippen LogP contribution in [-0.2, 0) is 7.05 Å². The lowest BCUT2D eigenvalue weighted by molar-refractivity contribution is 0.387. The summed E-state index contributed by atoms with van der Waals surface area (Å²) < 4.78 is 19.9. The largest absolute Gasteiger partial charge is 0.494 e. The van der Waals surface area contributed by atoms with E-state index in [-0.39, 0.29) is 16.3 Å². The van der Waals surface area contributed by atoms with Gasteiger partial charge >= 0.3 is 0 Å². The lowest BCUT2D eigenvalue weighted by atomic mass is 10.1. The van der Waals surface area contributed by atoms with E-state index in [1.54, 1.807) is 14.0 Å². The van der Waals surface area contributed by atoms with Gasteiger partial charge in [0.1, 0.15) is 0 Å². The van der Waals surface area contributed by atoms with E-state index in [0.29, 0.717) is 16.5 Å². The van der Waals surface area contributed by atoms with E-state index in [0.717, 1.165) is 0 Å². The first kappa shape index (κ1) is 11.9. The Morgan fingerprint density at radius 3 is 2.65 bits per heavy atom. The van der Waals surface area contributed by atoms with Crippen molar-refractivity contribution in [2.45, 2.75) is 6.92 Å². The minimum atomic E-state index is -0.500. The molecule has 0 aliphatic carbocycles. The van der Waals surface area contributed by atoms with Crippen molar-refractivity contribution in [3.05, 3.63) is 38.9 Å². The molecule has 2 aromatic rings. The van der Waals surface area contributed by atoms with Crippen molar-refractivity contribution in [1.82, 2.24) is 4.57 Å². The normalized spacial score (nSPS) is 10.9. The fourth-order valence-electron chi connectivity index (χ4n) is 1.81. The fourth-order valence-corrected chi connectivity index (χ4v) is 2.04. The quantitative estimate of drug-likeness (QED) is 0.784. The van der Waals surface area contributed by atoms with E-state index in [4.69, 9.17) is 16.3 Å². The smallest absolute Gasteiger partial charge is 0.255 e. The molecule has 0 bridgehead atoms. The summed E-state index contributed by atoms with van der Waals surface area (Å²) in [5.41, 5.74) is 0.756. The van der Waals surface area contributed by atoms with Crippen LogP contribution in [0.15, 0.2) is 16.9 Å². The summed E-state index contributed by atoms with van der Waals surface area (Å²) in [7, 11) is 2.99. The summed E-state index contributed by atoms with van der Waals surface area (Å²) in [6, 6.07) is 2.75. The summed E-state index contributed by atoms with van der Waals surface area (Å²) in [5.74, 6) is -0.410. The highest BCUT2D eigenvalue weighted by atomic mass is 35.5. The Hall–Kier alpha value is -1.55. The lowest BCUT2D eigenvalue weighted by Gasteiger charge is -2.11. The van der Waals surface area contributed by atoms with E-state index >= 15 is 0 Å². The molecule has 90 valence electrons. The van der Waals surface area contributed by atoms with Crippen molar-refractivity contribution >= 4 is 22.5 Å². The Balaban J connectivity index is 3.01. The van der Waals surface area contributed by atoms with Crippen LogP contribution in [0.3, 0.4) is 0 Å². The molecule has 2 rings (SSSR count). The van der Waals surface area contributed by atoms with Crippen molar-refractivity contribution in [2.75, 3.05) is 7.11 Å². The van der Waals surface area contributed by atoms with Gasteiger partial charge in [-0.3, -0.25) is 4.79 Å². The number of aromatic nitrogens is 1. The van der Waals surface area contributed by atoms with Crippen LogP contribution in [0.1, 0.15) is 5.56 Å². The van der Waals surface area contributed by atoms with Crippen molar-refractivity contribution in [3.63, 3.8) is 0 Å². The third kappa shape index (κ3) is 1.69. The zero-order valence-corrected chi connectivity index (χ0v) is 10.4. The number of rotatable bonds is 1. The second-order valence-electron chi connectivity index (χ2n) is 3.81. The molecule has 5 heteroatoms. The van der Waals surface area contributed by atoms with Crippen molar-refractivity contribution < 1.29 is 9.13 Å². The molecule has 0 saturated carbocycles. The number of hydrogen-bond donors (Lipinski definition) is 0. The standard InChI is InChI=1S/C12H11ClFNO2/c1-6-11(13)7-4-8(14)10(17-3)5-9(7)15(2)12(6)16/h4-5H,1-3H3. The molecule has 0 aliphatic rings. The Kier molecular flexibility index (Phi) is 2.83. The second kappa shape index (κ2) is 4.04. The van der Waals surface area contributed by atoms with Crippen molar-refractivity contribution in [1.29, 1.82) is 0 Å². The molecule has 17 heavy (non-hydrogen) atoms. The predicted molar refractivity (Wildman–Crippen MR) is 65.4 cm³/mol. The first-order valence-corrected chi connectivity index (χ1v) is 5.37. The molecule has 3 nitrogen and oxygen atoms in total. The molecule has 1 aromatic carbocycles. The Morgan fingerprint density at radius 2 is 2.06 bits per heavy atom. The van der Waals surface area contributed by atoms with Gasteiger partial charge in [-0.05, 0) is 13.0 Å². The molecular formula is C12H11ClFNO2. The fraction of sp³-hybridized carbons (Fsp3) is 0.250. The third-order valence-electron chi connectivity index (χ3n) is 2.82. The van der Waals surface area contributed by atoms with Gasteiger partial charge in [0, 0.05) is 24.1 Å². The molecule has 1 heterocycles. The van der Waals surface area contributed by atoms with Gasteiger partial charge in [-0.1, -0.05) is 11.6 Å². The maximum Gasteiger partial charge on any atom is 0.255 e. The Labute approximate surface area is 102 Å². The summed E-state index contributed by atoms with van der Waals surface area (Å²) >= 11 is 6.05. The molecule has 1 aromatic heterocycles. The van der Waals surface area contributed by atoms with Crippen LogP contribution in [0.5, 0.6) is 5.75 Å². The number of aryl methyl sites for hydroxylation is 1. The molecular weight excluding hydrogens is 245 g/mol. The van der Waals surface area contributed by atoms with Gasteiger partial charge in [-0.15, -0.1) is 0 Å². The number of benzene rings is 1. The average molecular weight is 256 g/mol. The highest BCUT2D eigenvalue weighted by molar-refractivity contribution is 6.36. The van der Waals surface area contributed by atoms with E-state index in [9.17, 15) is 9.18 Å². The number of methoxy groups -OCH3 is 1. The molecule has 0 aliphatic heterocycles. The Bertz CT molecular complexity index is 664. The van der Waals surface area contributed by atoms with Crippen LogP contribution >= 0.6 is 11.6 Å². The van der Waals surface area contributed by atoms with Gasteiger partial charge in [-0.25, -0.2) is 4.39 Å². The third-order valence-corrected chi connectivity index (χ3v) is 3.31. The highest BCUT2D eigenvalue weighted by Crippen LogP contribution is 2.29. The van der Waals surface area contributed by atoms with Crippen LogP contribution in [-0.4, -0.2) is 11.7 Å². The SMILES string of the molecule is COc1cc2c(cc1F)c(Cl)c(C)c(=O)n2C. The zero-order chi connectivity index (χ0) is 12.7. The number of fused-ring (bicyclic) bond motifs is 1. The van der Waals surface area contributed by atoms with Gasteiger partial charge in [-0.2, -0.15) is 0 Å². The van der Waals surface area contributed by atoms with E-state index in [1.807, 2.05) is 0 Å². The van der Waals surface area contributed by atoms with Crippen LogP contribution in [0.2, 0.25) is 5.02 Å². The van der Waals surface area contributed by atoms with E-state index < -0.39 is 5.82 Å². The zero-order valence-electron chi connectivity index (χ0n) is 9.67. The summed E-state index contributed by atoms with van der Waals surface area (Å²) in [5, 5.41) is 0.786. The average Bonchev–Trinajstić information content (AvgIpc) is 2.33. The van der Waals surface area contributed by atoms with E-state index in [2.05, 4.69) is 0 Å². The first-order valence-electron chi connectivity index (χ1n) is 4.99. The van der Waals surface area contributed by atoms with Crippen molar-refractivity contribution in [3.8, 4) is 5.75 Å². The minimum Gasteiger partial charge on any atom is -0.494 e. The molecule has 0 unspecified atom stereocenters. The number of halogens is 2. The monoisotopic (exact) mass is 255 g/mol. The molecule has 0 N–H and O–H groups in total. The van der Waals surface area contributed by atoms with E-state index in [1.165, 1.54) is 23.8 Å².